The number of hydrogen-bond donors (Lipinski definition) is 0. The molecular formula is C25H31NO5. The molecule has 0 bridgehead atoms. The SMILES string of the molecule is COc1ccccc1CC[C@H](OC(=O)N1C(C)(C)COC1(C)C)C(=O)c1ccccc1. The standard InChI is InChI=1S/C25H31NO5/c1-24(2)17-30-25(3,4)26(24)23(28)31-21(22(27)19-12-7-6-8-13-19)16-15-18-11-9-10-14-20(18)29-5/h6-14,21H,15-17H2,1-5H3/t21-/m0/s1. The number of carbonyl (C=O) groups excluding carboxylic acids is 2. The molecule has 1 heterocycles. The van der Waals surface area contributed by atoms with Crippen LogP contribution in [0.2, 0.25) is 0 Å². The van der Waals surface area contributed by atoms with Crippen molar-refractivity contribution >= 4 is 11.9 Å². The van der Waals surface area contributed by atoms with Crippen molar-refractivity contribution in [3.8, 4) is 5.75 Å². The Morgan fingerprint density at radius 1 is 1.03 bits per heavy atom. The van der Waals surface area contributed by atoms with Crippen LogP contribution in [0, 0.1) is 0 Å². The summed E-state index contributed by atoms with van der Waals surface area (Å²) < 4.78 is 17.1. The average Bonchev–Trinajstić information content (AvgIpc) is 2.98. The van der Waals surface area contributed by atoms with Gasteiger partial charge in [0.2, 0.25) is 5.78 Å². The molecular weight excluding hydrogens is 394 g/mol. The van der Waals surface area contributed by atoms with Gasteiger partial charge in [0.05, 0.1) is 19.3 Å². The molecule has 1 saturated heterocycles. The first kappa shape index (κ1) is 22.8. The fraction of sp³-hybridized carbons (Fsp3) is 0.440. The lowest BCUT2D eigenvalue weighted by Crippen LogP contribution is -2.54. The molecule has 0 spiro atoms. The minimum Gasteiger partial charge on any atom is -0.496 e. The number of methoxy groups -OCH3 is 1. The predicted molar refractivity (Wildman–Crippen MR) is 118 cm³/mol. The summed E-state index contributed by atoms with van der Waals surface area (Å²) in [7, 11) is 1.61. The van der Waals surface area contributed by atoms with Crippen LogP contribution in [0.4, 0.5) is 4.79 Å². The molecule has 6 heteroatoms. The normalized spacial score (nSPS) is 17.8. The first-order valence-electron chi connectivity index (χ1n) is 10.5. The van der Waals surface area contributed by atoms with Gasteiger partial charge in [-0.15, -0.1) is 0 Å². The largest absolute Gasteiger partial charge is 0.496 e. The second-order valence-electron chi connectivity index (χ2n) is 8.84. The third kappa shape index (κ3) is 5.07. The van der Waals surface area contributed by atoms with Crippen molar-refractivity contribution < 1.29 is 23.8 Å². The maximum Gasteiger partial charge on any atom is 0.413 e. The van der Waals surface area contributed by atoms with Crippen LogP contribution in [-0.4, -0.2) is 47.9 Å². The Morgan fingerprint density at radius 3 is 2.29 bits per heavy atom. The molecule has 1 atom stereocenters. The van der Waals surface area contributed by atoms with Crippen LogP contribution < -0.4 is 4.74 Å². The van der Waals surface area contributed by atoms with E-state index in [1.54, 1.807) is 36.3 Å². The molecule has 1 amide bonds. The third-order valence-corrected chi connectivity index (χ3v) is 5.57. The molecule has 1 aliphatic heterocycles. The fourth-order valence-electron chi connectivity index (χ4n) is 4.08. The van der Waals surface area contributed by atoms with Crippen LogP contribution in [0.3, 0.4) is 0 Å². The summed E-state index contributed by atoms with van der Waals surface area (Å²) in [6.45, 7) is 7.89. The maximum atomic E-state index is 13.2. The Morgan fingerprint density at radius 2 is 1.68 bits per heavy atom. The van der Waals surface area contributed by atoms with Crippen molar-refractivity contribution in [1.82, 2.24) is 4.90 Å². The lowest BCUT2D eigenvalue weighted by Gasteiger charge is -2.37. The summed E-state index contributed by atoms with van der Waals surface area (Å²) in [5, 5.41) is 0. The van der Waals surface area contributed by atoms with E-state index in [1.165, 1.54) is 0 Å². The highest BCUT2D eigenvalue weighted by Crippen LogP contribution is 2.35. The van der Waals surface area contributed by atoms with Crippen LogP contribution in [0.25, 0.3) is 0 Å². The van der Waals surface area contributed by atoms with Gasteiger partial charge in [-0.2, -0.15) is 0 Å². The summed E-state index contributed by atoms with van der Waals surface area (Å²) >= 11 is 0. The van der Waals surface area contributed by atoms with Gasteiger partial charge in [0.15, 0.2) is 6.10 Å². The molecule has 1 fully saturated rings. The minimum absolute atomic E-state index is 0.223. The number of aryl methyl sites for hydroxylation is 1. The Balaban J connectivity index is 1.83. The number of ether oxygens (including phenoxy) is 3. The Bertz CT molecular complexity index is 907. The van der Waals surface area contributed by atoms with Crippen molar-refractivity contribution in [2.75, 3.05) is 13.7 Å². The molecule has 3 rings (SSSR count). The van der Waals surface area contributed by atoms with Crippen molar-refractivity contribution in [1.29, 1.82) is 0 Å². The van der Waals surface area contributed by atoms with E-state index in [-0.39, 0.29) is 5.78 Å². The number of carbonyl (C=O) groups is 2. The van der Waals surface area contributed by atoms with E-state index in [4.69, 9.17) is 14.2 Å². The van der Waals surface area contributed by atoms with E-state index < -0.39 is 23.5 Å². The maximum absolute atomic E-state index is 13.2. The number of para-hydroxylation sites is 1. The van der Waals surface area contributed by atoms with Crippen molar-refractivity contribution in [3.05, 3.63) is 65.7 Å². The van der Waals surface area contributed by atoms with Crippen molar-refractivity contribution in [2.24, 2.45) is 0 Å². The zero-order valence-corrected chi connectivity index (χ0v) is 18.9. The molecule has 0 saturated carbocycles. The van der Waals surface area contributed by atoms with E-state index in [0.29, 0.717) is 25.0 Å². The summed E-state index contributed by atoms with van der Waals surface area (Å²) in [6.07, 6.45) is -0.604. The van der Waals surface area contributed by atoms with Crippen LogP contribution in [0.1, 0.15) is 50.0 Å². The van der Waals surface area contributed by atoms with Crippen LogP contribution in [-0.2, 0) is 15.9 Å². The van der Waals surface area contributed by atoms with Gasteiger partial charge >= 0.3 is 6.09 Å². The molecule has 0 N–H and O–H groups in total. The zero-order valence-electron chi connectivity index (χ0n) is 18.9. The highest BCUT2D eigenvalue weighted by Gasteiger charge is 2.50. The number of ketones is 1. The number of hydrogen-bond acceptors (Lipinski definition) is 5. The van der Waals surface area contributed by atoms with Gasteiger partial charge in [-0.3, -0.25) is 9.69 Å². The monoisotopic (exact) mass is 425 g/mol. The Labute approximate surface area is 184 Å². The molecule has 0 aromatic heterocycles. The molecule has 2 aromatic rings. The Hall–Kier alpha value is -2.86. The van der Waals surface area contributed by atoms with Crippen molar-refractivity contribution in [3.63, 3.8) is 0 Å². The van der Waals surface area contributed by atoms with Gasteiger partial charge in [-0.25, -0.2) is 4.79 Å². The lowest BCUT2D eigenvalue weighted by atomic mass is 9.99. The van der Waals surface area contributed by atoms with Gasteiger partial charge < -0.3 is 14.2 Å². The number of rotatable bonds is 7. The van der Waals surface area contributed by atoms with E-state index in [2.05, 4.69) is 0 Å². The summed E-state index contributed by atoms with van der Waals surface area (Å²) in [5.41, 5.74) is 0.112. The van der Waals surface area contributed by atoms with Crippen LogP contribution in [0.15, 0.2) is 54.6 Å². The number of Topliss-reactive ketones (excluding diaryl/α,β-unsaturated/α-hetero) is 1. The van der Waals surface area contributed by atoms with Crippen LogP contribution in [0.5, 0.6) is 5.75 Å². The molecule has 0 aliphatic carbocycles. The van der Waals surface area contributed by atoms with Gasteiger partial charge in [-0.1, -0.05) is 48.5 Å². The Kier molecular flexibility index (Phi) is 6.70. The first-order chi connectivity index (χ1) is 14.7. The van der Waals surface area contributed by atoms with Gasteiger partial charge in [-0.05, 0) is 52.2 Å². The predicted octanol–water partition coefficient (Wildman–Crippen LogP) is 4.86. The molecule has 6 nitrogen and oxygen atoms in total. The second-order valence-corrected chi connectivity index (χ2v) is 8.84. The van der Waals surface area contributed by atoms with Gasteiger partial charge in [0.1, 0.15) is 11.5 Å². The van der Waals surface area contributed by atoms with Crippen molar-refractivity contribution in [2.45, 2.75) is 57.9 Å². The topological polar surface area (TPSA) is 65.1 Å². The number of amides is 1. The molecule has 31 heavy (non-hydrogen) atoms. The molecule has 1 aliphatic rings. The first-order valence-corrected chi connectivity index (χ1v) is 10.5. The fourth-order valence-corrected chi connectivity index (χ4v) is 4.08. The smallest absolute Gasteiger partial charge is 0.413 e. The zero-order chi connectivity index (χ0) is 22.6. The number of benzene rings is 2. The van der Waals surface area contributed by atoms with E-state index in [1.807, 2.05) is 58.0 Å². The second kappa shape index (κ2) is 9.10. The number of nitrogens with zero attached hydrogens (tertiary/aromatic N) is 1. The lowest BCUT2D eigenvalue weighted by molar-refractivity contribution is -0.0568. The van der Waals surface area contributed by atoms with Crippen LogP contribution >= 0.6 is 0 Å². The summed E-state index contributed by atoms with van der Waals surface area (Å²) in [5.74, 6) is 0.523. The van der Waals surface area contributed by atoms with Gasteiger partial charge in [0, 0.05) is 5.56 Å². The molecule has 0 radical (unpaired) electrons. The molecule has 2 aromatic carbocycles. The summed E-state index contributed by atoms with van der Waals surface area (Å²) in [4.78, 5) is 28.0. The van der Waals surface area contributed by atoms with E-state index in [0.717, 1.165) is 11.3 Å². The molecule has 0 unspecified atom stereocenters. The minimum atomic E-state index is -0.924. The third-order valence-electron chi connectivity index (χ3n) is 5.57. The van der Waals surface area contributed by atoms with E-state index >= 15 is 0 Å². The van der Waals surface area contributed by atoms with Gasteiger partial charge in [0.25, 0.3) is 0 Å². The highest BCUT2D eigenvalue weighted by atomic mass is 16.6. The van der Waals surface area contributed by atoms with E-state index in [9.17, 15) is 9.59 Å². The average molecular weight is 426 g/mol. The highest BCUT2D eigenvalue weighted by molar-refractivity contribution is 6.00. The summed E-state index contributed by atoms with van der Waals surface area (Å²) in [6, 6.07) is 16.6. The molecule has 166 valence electrons. The quantitative estimate of drug-likeness (QED) is 0.593.